The molecule has 1 aliphatic carbocycles. The SMILES string of the molecule is C[C@@]12C(=O)C[C@@]3(C)O[C@]1([C@H]1O[C@H]1[C@]21CO1)[C@H]1C(=O)OC[C@H]13. The first kappa shape index (κ1) is 11.6. The normalized spacial score (nSPS) is 68.7. The Kier molecular flexibility index (Phi) is 1.48. The maximum absolute atomic E-state index is 13.1. The molecule has 21 heavy (non-hydrogen) atoms. The molecular weight excluding hydrogens is 276 g/mol. The van der Waals surface area contributed by atoms with Crippen LogP contribution < -0.4 is 0 Å². The van der Waals surface area contributed by atoms with Crippen molar-refractivity contribution in [1.29, 1.82) is 0 Å². The average Bonchev–Trinajstić information content (AvgIpc) is 3.28. The molecule has 5 heterocycles. The number of carbonyl (C=O) groups is 2. The molecule has 5 saturated heterocycles. The Morgan fingerprint density at radius 3 is 2.67 bits per heavy atom. The van der Waals surface area contributed by atoms with Gasteiger partial charge in [-0.25, -0.2) is 0 Å². The van der Waals surface area contributed by atoms with Gasteiger partial charge in [0.25, 0.3) is 0 Å². The van der Waals surface area contributed by atoms with E-state index in [1.165, 1.54) is 0 Å². The van der Waals surface area contributed by atoms with Crippen molar-refractivity contribution in [1.82, 2.24) is 0 Å². The first-order valence-electron chi connectivity index (χ1n) is 7.60. The molecule has 0 aromatic heterocycles. The van der Waals surface area contributed by atoms with Gasteiger partial charge in [-0.1, -0.05) is 0 Å². The Bertz CT molecular complexity index is 640. The molecule has 2 bridgehead atoms. The maximum Gasteiger partial charge on any atom is 0.312 e. The number of rotatable bonds is 0. The third-order valence-electron chi connectivity index (χ3n) is 7.24. The van der Waals surface area contributed by atoms with Crippen molar-refractivity contribution in [2.45, 2.75) is 49.3 Å². The van der Waals surface area contributed by atoms with Crippen molar-refractivity contribution in [2.75, 3.05) is 13.2 Å². The molecule has 5 aliphatic heterocycles. The molecule has 0 aromatic carbocycles. The van der Waals surface area contributed by atoms with Crippen molar-refractivity contribution in [3.8, 4) is 0 Å². The van der Waals surface area contributed by atoms with Crippen LogP contribution in [0.15, 0.2) is 0 Å². The van der Waals surface area contributed by atoms with Crippen LogP contribution in [-0.4, -0.2) is 54.0 Å². The van der Waals surface area contributed by atoms with Crippen molar-refractivity contribution < 1.29 is 28.5 Å². The van der Waals surface area contributed by atoms with Gasteiger partial charge in [0.15, 0.2) is 0 Å². The molecule has 0 aromatic rings. The third-order valence-corrected chi connectivity index (χ3v) is 7.24. The second kappa shape index (κ2) is 2.68. The highest BCUT2D eigenvalue weighted by Crippen LogP contribution is 2.78. The van der Waals surface area contributed by atoms with Crippen molar-refractivity contribution in [2.24, 2.45) is 17.3 Å². The summed E-state index contributed by atoms with van der Waals surface area (Å²) in [6.07, 6.45) is 0.00308. The summed E-state index contributed by atoms with van der Waals surface area (Å²) < 4.78 is 23.4. The van der Waals surface area contributed by atoms with Gasteiger partial charge in [-0.05, 0) is 13.8 Å². The van der Waals surface area contributed by atoms with Gasteiger partial charge in [0, 0.05) is 12.3 Å². The molecule has 0 amide bonds. The van der Waals surface area contributed by atoms with E-state index in [0.29, 0.717) is 19.6 Å². The zero-order valence-corrected chi connectivity index (χ0v) is 11.9. The Morgan fingerprint density at radius 2 is 1.95 bits per heavy atom. The van der Waals surface area contributed by atoms with Gasteiger partial charge >= 0.3 is 5.97 Å². The second-order valence-electron chi connectivity index (χ2n) is 7.80. The summed E-state index contributed by atoms with van der Waals surface area (Å²) in [5, 5.41) is 0. The zero-order valence-electron chi connectivity index (χ0n) is 11.9. The third kappa shape index (κ3) is 0.819. The van der Waals surface area contributed by atoms with E-state index in [1.54, 1.807) is 0 Å². The molecule has 2 spiro atoms. The van der Waals surface area contributed by atoms with Crippen LogP contribution in [-0.2, 0) is 28.5 Å². The molecule has 6 heteroatoms. The fraction of sp³-hybridized carbons (Fsp3) is 0.867. The van der Waals surface area contributed by atoms with Crippen LogP contribution in [0.1, 0.15) is 20.3 Å². The molecule has 6 fully saturated rings. The summed E-state index contributed by atoms with van der Waals surface area (Å²) >= 11 is 0. The molecular formula is C15H16O6. The fourth-order valence-electron chi connectivity index (χ4n) is 6.04. The van der Waals surface area contributed by atoms with Gasteiger partial charge in [0.2, 0.25) is 0 Å². The number of carbonyl (C=O) groups excluding carboxylic acids is 2. The number of ketones is 1. The van der Waals surface area contributed by atoms with E-state index >= 15 is 0 Å². The Hall–Kier alpha value is -0.980. The fourth-order valence-corrected chi connectivity index (χ4v) is 6.04. The maximum atomic E-state index is 13.1. The Morgan fingerprint density at radius 1 is 1.19 bits per heavy atom. The second-order valence-corrected chi connectivity index (χ2v) is 7.80. The number of hydrogen-bond donors (Lipinski definition) is 0. The first-order chi connectivity index (χ1) is 9.91. The highest BCUT2D eigenvalue weighted by molar-refractivity contribution is 5.95. The summed E-state index contributed by atoms with van der Waals surface area (Å²) in [6, 6.07) is 0. The lowest BCUT2D eigenvalue weighted by Gasteiger charge is -2.50. The lowest BCUT2D eigenvalue weighted by Crippen LogP contribution is -2.65. The number of ether oxygens (including phenoxy) is 4. The van der Waals surface area contributed by atoms with Crippen LogP contribution in [0.4, 0.5) is 0 Å². The zero-order chi connectivity index (χ0) is 14.4. The standard InChI is InChI=1S/C15H16O6/c1-12-3-7(16)13(2)14(5-19-14)9-10(20-9)15(13,21-12)8-6(12)4-18-11(8)17/h6,8-10H,3-5H2,1-2H3/t6-,8-,9-,10+,12-,13+,14-,15+/m1/s1. The molecule has 6 rings (SSSR count). The molecule has 6 aliphatic rings. The predicted octanol–water partition coefficient (Wildman–Crippen LogP) is -0.168. The molecule has 0 N–H and O–H groups in total. The molecule has 6 nitrogen and oxygen atoms in total. The van der Waals surface area contributed by atoms with Crippen LogP contribution in [0.3, 0.4) is 0 Å². The molecule has 0 radical (unpaired) electrons. The van der Waals surface area contributed by atoms with Crippen LogP contribution in [0, 0.1) is 17.3 Å². The van der Waals surface area contributed by atoms with Gasteiger partial charge in [-0.3, -0.25) is 9.59 Å². The number of hydrogen-bond acceptors (Lipinski definition) is 6. The average molecular weight is 292 g/mol. The van der Waals surface area contributed by atoms with Crippen molar-refractivity contribution in [3.63, 3.8) is 0 Å². The number of esters is 1. The smallest absolute Gasteiger partial charge is 0.312 e. The van der Waals surface area contributed by atoms with Gasteiger partial charge in [-0.15, -0.1) is 0 Å². The summed E-state index contributed by atoms with van der Waals surface area (Å²) in [6.45, 7) is 4.72. The Labute approximate surface area is 121 Å². The summed E-state index contributed by atoms with van der Waals surface area (Å²) in [4.78, 5) is 25.5. The minimum absolute atomic E-state index is 0.0606. The van der Waals surface area contributed by atoms with Gasteiger partial charge < -0.3 is 18.9 Å². The van der Waals surface area contributed by atoms with E-state index < -0.39 is 28.1 Å². The molecule has 8 atom stereocenters. The predicted molar refractivity (Wildman–Crippen MR) is 65.2 cm³/mol. The monoisotopic (exact) mass is 292 g/mol. The van der Waals surface area contributed by atoms with Gasteiger partial charge in [0.1, 0.15) is 29.2 Å². The highest BCUT2D eigenvalue weighted by atomic mass is 16.7. The number of epoxide rings is 2. The van der Waals surface area contributed by atoms with Crippen molar-refractivity contribution in [3.05, 3.63) is 0 Å². The molecule has 1 saturated carbocycles. The summed E-state index contributed by atoms with van der Waals surface area (Å²) in [5.41, 5.74) is -2.88. The quantitative estimate of drug-likeness (QED) is 0.456. The first-order valence-corrected chi connectivity index (χ1v) is 7.60. The molecule has 0 unspecified atom stereocenters. The summed E-state index contributed by atoms with van der Waals surface area (Å²) in [5.74, 6) is -0.546. The minimum Gasteiger partial charge on any atom is -0.465 e. The minimum atomic E-state index is -0.892. The number of fused-ring (bicyclic) bond motifs is 6. The molecule has 112 valence electrons. The lowest BCUT2D eigenvalue weighted by atomic mass is 9.61. The Balaban J connectivity index is 1.67. The number of Topliss-reactive ketones (excluding diaryl/α,β-unsaturated/α-hetero) is 1. The number of cyclic esters (lactones) is 1. The van der Waals surface area contributed by atoms with E-state index in [9.17, 15) is 9.59 Å². The highest BCUT2D eigenvalue weighted by Gasteiger charge is 2.96. The van der Waals surface area contributed by atoms with E-state index in [1.807, 2.05) is 13.8 Å². The van der Waals surface area contributed by atoms with Crippen LogP contribution in [0.5, 0.6) is 0 Å². The van der Waals surface area contributed by atoms with Gasteiger partial charge in [-0.2, -0.15) is 0 Å². The van der Waals surface area contributed by atoms with E-state index in [0.717, 1.165) is 0 Å². The topological polar surface area (TPSA) is 77.7 Å². The van der Waals surface area contributed by atoms with E-state index in [2.05, 4.69) is 0 Å². The van der Waals surface area contributed by atoms with E-state index in [4.69, 9.17) is 18.9 Å². The van der Waals surface area contributed by atoms with E-state index in [-0.39, 0.29) is 29.9 Å². The van der Waals surface area contributed by atoms with Crippen LogP contribution in [0.25, 0.3) is 0 Å². The van der Waals surface area contributed by atoms with Crippen LogP contribution >= 0.6 is 0 Å². The van der Waals surface area contributed by atoms with Crippen molar-refractivity contribution >= 4 is 11.8 Å². The lowest BCUT2D eigenvalue weighted by molar-refractivity contribution is -0.227. The van der Waals surface area contributed by atoms with Gasteiger partial charge in [0.05, 0.1) is 30.1 Å². The van der Waals surface area contributed by atoms with Crippen LogP contribution in [0.2, 0.25) is 0 Å². The summed E-state index contributed by atoms with van der Waals surface area (Å²) in [7, 11) is 0. The largest absolute Gasteiger partial charge is 0.465 e.